The van der Waals surface area contributed by atoms with Gasteiger partial charge >= 0.3 is 0 Å². The molecule has 0 spiro atoms. The lowest BCUT2D eigenvalue weighted by Gasteiger charge is -2.19. The molecule has 0 radical (unpaired) electrons. The SMILES string of the molecule is CCCN(CC)CCNc1ccc(OC)cc1[N+](=O)[O-]. The zero-order chi connectivity index (χ0) is 15.0. The number of nitro benzene ring substituents is 1. The summed E-state index contributed by atoms with van der Waals surface area (Å²) in [5, 5.41) is 14.2. The van der Waals surface area contributed by atoms with Crippen molar-refractivity contribution in [2.75, 3.05) is 38.6 Å². The van der Waals surface area contributed by atoms with Gasteiger partial charge in [0, 0.05) is 13.1 Å². The molecule has 0 aliphatic carbocycles. The number of hydrogen-bond donors (Lipinski definition) is 1. The van der Waals surface area contributed by atoms with Gasteiger partial charge in [0.2, 0.25) is 0 Å². The second-order valence-corrected chi connectivity index (χ2v) is 4.50. The summed E-state index contributed by atoms with van der Waals surface area (Å²) in [6.07, 6.45) is 1.11. The van der Waals surface area contributed by atoms with E-state index in [4.69, 9.17) is 4.74 Å². The molecule has 6 nitrogen and oxygen atoms in total. The topological polar surface area (TPSA) is 67.6 Å². The number of ether oxygens (including phenoxy) is 1. The van der Waals surface area contributed by atoms with E-state index in [9.17, 15) is 10.1 Å². The van der Waals surface area contributed by atoms with Gasteiger partial charge in [-0.25, -0.2) is 0 Å². The third-order valence-electron chi connectivity index (χ3n) is 3.13. The normalized spacial score (nSPS) is 10.6. The van der Waals surface area contributed by atoms with Crippen molar-refractivity contribution >= 4 is 11.4 Å². The average molecular weight is 281 g/mol. The number of anilines is 1. The van der Waals surface area contributed by atoms with Crippen LogP contribution in [0.2, 0.25) is 0 Å². The van der Waals surface area contributed by atoms with E-state index in [2.05, 4.69) is 24.1 Å². The van der Waals surface area contributed by atoms with Crippen molar-refractivity contribution in [3.8, 4) is 5.75 Å². The highest BCUT2D eigenvalue weighted by molar-refractivity contribution is 5.63. The Morgan fingerprint density at radius 1 is 1.35 bits per heavy atom. The quantitative estimate of drug-likeness (QED) is 0.557. The van der Waals surface area contributed by atoms with E-state index in [1.807, 2.05) is 0 Å². The molecule has 0 heterocycles. The average Bonchev–Trinajstić information content (AvgIpc) is 2.46. The van der Waals surface area contributed by atoms with Gasteiger partial charge in [0.15, 0.2) is 0 Å². The molecule has 0 saturated heterocycles. The standard InChI is InChI=1S/C14H23N3O3/c1-4-9-16(5-2)10-8-15-13-7-6-12(20-3)11-14(13)17(18)19/h6-7,11,15H,4-5,8-10H2,1-3H3. The number of hydrogen-bond acceptors (Lipinski definition) is 5. The van der Waals surface area contributed by atoms with E-state index >= 15 is 0 Å². The van der Waals surface area contributed by atoms with Gasteiger partial charge < -0.3 is 15.0 Å². The molecule has 0 aliphatic rings. The van der Waals surface area contributed by atoms with Crippen molar-refractivity contribution < 1.29 is 9.66 Å². The zero-order valence-electron chi connectivity index (χ0n) is 12.4. The lowest BCUT2D eigenvalue weighted by molar-refractivity contribution is -0.384. The summed E-state index contributed by atoms with van der Waals surface area (Å²) in [5.74, 6) is 0.489. The highest BCUT2D eigenvalue weighted by Crippen LogP contribution is 2.28. The maximum absolute atomic E-state index is 11.0. The molecular formula is C14H23N3O3. The smallest absolute Gasteiger partial charge is 0.296 e. The summed E-state index contributed by atoms with van der Waals surface area (Å²) in [7, 11) is 1.50. The number of nitrogens with zero attached hydrogens (tertiary/aromatic N) is 2. The lowest BCUT2D eigenvalue weighted by Crippen LogP contribution is -2.29. The largest absolute Gasteiger partial charge is 0.496 e. The van der Waals surface area contributed by atoms with E-state index in [0.717, 1.165) is 26.1 Å². The van der Waals surface area contributed by atoms with Gasteiger partial charge in [0.05, 0.1) is 18.1 Å². The Bertz CT molecular complexity index is 438. The minimum atomic E-state index is -0.394. The highest BCUT2D eigenvalue weighted by atomic mass is 16.6. The molecule has 1 rings (SSSR count). The number of methoxy groups -OCH3 is 1. The predicted molar refractivity (Wildman–Crippen MR) is 80.5 cm³/mol. The van der Waals surface area contributed by atoms with Crippen LogP contribution >= 0.6 is 0 Å². The summed E-state index contributed by atoms with van der Waals surface area (Å²) < 4.78 is 5.01. The summed E-state index contributed by atoms with van der Waals surface area (Å²) in [4.78, 5) is 13.0. The molecule has 0 fully saturated rings. The van der Waals surface area contributed by atoms with E-state index in [0.29, 0.717) is 18.0 Å². The fourth-order valence-corrected chi connectivity index (χ4v) is 2.03. The molecule has 112 valence electrons. The second-order valence-electron chi connectivity index (χ2n) is 4.50. The monoisotopic (exact) mass is 281 g/mol. The molecule has 0 atom stereocenters. The first-order valence-corrected chi connectivity index (χ1v) is 6.91. The van der Waals surface area contributed by atoms with Gasteiger partial charge in [0.1, 0.15) is 11.4 Å². The van der Waals surface area contributed by atoms with Crippen molar-refractivity contribution in [3.63, 3.8) is 0 Å². The van der Waals surface area contributed by atoms with Crippen LogP contribution in [-0.4, -0.2) is 43.1 Å². The molecule has 0 saturated carbocycles. The summed E-state index contributed by atoms with van der Waals surface area (Å²) >= 11 is 0. The maximum Gasteiger partial charge on any atom is 0.296 e. The fraction of sp³-hybridized carbons (Fsp3) is 0.571. The van der Waals surface area contributed by atoms with Gasteiger partial charge in [-0.05, 0) is 31.6 Å². The van der Waals surface area contributed by atoms with Gasteiger partial charge in [-0.2, -0.15) is 0 Å². The second kappa shape index (κ2) is 8.37. The molecule has 0 amide bonds. The van der Waals surface area contributed by atoms with Crippen LogP contribution < -0.4 is 10.1 Å². The first-order valence-electron chi connectivity index (χ1n) is 6.91. The molecular weight excluding hydrogens is 258 g/mol. The Kier molecular flexibility index (Phi) is 6.79. The van der Waals surface area contributed by atoms with Crippen LogP contribution in [0, 0.1) is 10.1 Å². The van der Waals surface area contributed by atoms with Crippen molar-refractivity contribution in [2.45, 2.75) is 20.3 Å². The third-order valence-corrected chi connectivity index (χ3v) is 3.13. The first kappa shape index (κ1) is 16.2. The number of rotatable bonds is 9. The Morgan fingerprint density at radius 3 is 2.65 bits per heavy atom. The van der Waals surface area contributed by atoms with Crippen molar-refractivity contribution in [1.82, 2.24) is 4.90 Å². The van der Waals surface area contributed by atoms with Gasteiger partial charge in [-0.3, -0.25) is 10.1 Å². The molecule has 0 aromatic heterocycles. The molecule has 1 aromatic carbocycles. The Morgan fingerprint density at radius 2 is 2.10 bits per heavy atom. The van der Waals surface area contributed by atoms with Crippen LogP contribution in [0.15, 0.2) is 18.2 Å². The minimum absolute atomic E-state index is 0.0443. The van der Waals surface area contributed by atoms with Crippen molar-refractivity contribution in [3.05, 3.63) is 28.3 Å². The number of nitro groups is 1. The third kappa shape index (κ3) is 4.70. The number of likely N-dealkylation sites (N-methyl/N-ethyl adjacent to an activating group) is 1. The summed E-state index contributed by atoms with van der Waals surface area (Å²) in [5.41, 5.74) is 0.575. The molecule has 1 aromatic rings. The fourth-order valence-electron chi connectivity index (χ4n) is 2.03. The van der Waals surface area contributed by atoms with Crippen LogP contribution in [0.4, 0.5) is 11.4 Å². The van der Waals surface area contributed by atoms with E-state index in [1.54, 1.807) is 12.1 Å². The maximum atomic E-state index is 11.0. The van der Waals surface area contributed by atoms with Crippen molar-refractivity contribution in [2.24, 2.45) is 0 Å². The Balaban J connectivity index is 2.65. The first-order chi connectivity index (χ1) is 9.62. The summed E-state index contributed by atoms with van der Waals surface area (Å²) in [6.45, 7) is 7.84. The van der Waals surface area contributed by atoms with E-state index in [1.165, 1.54) is 13.2 Å². The lowest BCUT2D eigenvalue weighted by atomic mass is 10.2. The number of nitrogens with one attached hydrogen (secondary N) is 1. The molecule has 6 heteroatoms. The van der Waals surface area contributed by atoms with Crippen LogP contribution in [0.5, 0.6) is 5.75 Å². The number of benzene rings is 1. The van der Waals surface area contributed by atoms with Gasteiger partial charge in [0.25, 0.3) is 5.69 Å². The molecule has 1 N–H and O–H groups in total. The Labute approximate surface area is 119 Å². The minimum Gasteiger partial charge on any atom is -0.496 e. The van der Waals surface area contributed by atoms with Gasteiger partial charge in [-0.1, -0.05) is 13.8 Å². The van der Waals surface area contributed by atoms with Crippen LogP contribution in [0.3, 0.4) is 0 Å². The predicted octanol–water partition coefficient (Wildman–Crippen LogP) is 2.75. The van der Waals surface area contributed by atoms with Crippen molar-refractivity contribution in [1.29, 1.82) is 0 Å². The molecule has 0 bridgehead atoms. The van der Waals surface area contributed by atoms with Crippen LogP contribution in [-0.2, 0) is 0 Å². The van der Waals surface area contributed by atoms with Crippen LogP contribution in [0.25, 0.3) is 0 Å². The molecule has 0 aliphatic heterocycles. The van der Waals surface area contributed by atoms with E-state index in [-0.39, 0.29) is 5.69 Å². The van der Waals surface area contributed by atoms with E-state index < -0.39 is 4.92 Å². The van der Waals surface area contributed by atoms with Crippen LogP contribution in [0.1, 0.15) is 20.3 Å². The molecule has 0 unspecified atom stereocenters. The summed E-state index contributed by atoms with van der Waals surface area (Å²) in [6, 6.07) is 4.85. The Hall–Kier alpha value is -1.82. The highest BCUT2D eigenvalue weighted by Gasteiger charge is 2.14. The zero-order valence-corrected chi connectivity index (χ0v) is 12.4. The molecule has 20 heavy (non-hydrogen) atoms. The van der Waals surface area contributed by atoms with Gasteiger partial charge in [-0.15, -0.1) is 0 Å².